The van der Waals surface area contributed by atoms with Crippen LogP contribution in [0.25, 0.3) is 0 Å². The van der Waals surface area contributed by atoms with Gasteiger partial charge in [-0.2, -0.15) is 8.78 Å². The van der Waals surface area contributed by atoms with E-state index in [9.17, 15) is 18.4 Å². The maximum Gasteiger partial charge on any atom is 0.387 e. The fourth-order valence-electron chi connectivity index (χ4n) is 2.73. The zero-order valence-corrected chi connectivity index (χ0v) is 16.2. The molecule has 0 aliphatic rings. The number of hydrogen-bond acceptors (Lipinski definition) is 5. The van der Waals surface area contributed by atoms with Gasteiger partial charge in [-0.25, -0.2) is 0 Å². The van der Waals surface area contributed by atoms with E-state index in [1.807, 2.05) is 37.3 Å². The van der Waals surface area contributed by atoms with Crippen LogP contribution in [0, 0.1) is 0 Å². The van der Waals surface area contributed by atoms with E-state index in [1.165, 1.54) is 25.3 Å². The van der Waals surface area contributed by atoms with Crippen LogP contribution in [0.5, 0.6) is 11.5 Å². The third kappa shape index (κ3) is 6.74. The first-order valence-electron chi connectivity index (χ1n) is 9.04. The van der Waals surface area contributed by atoms with Crippen molar-refractivity contribution in [3.8, 4) is 11.5 Å². The zero-order valence-electron chi connectivity index (χ0n) is 16.2. The highest BCUT2D eigenvalue weighted by molar-refractivity contribution is 5.83. The van der Waals surface area contributed by atoms with Crippen molar-refractivity contribution in [1.29, 1.82) is 0 Å². The van der Waals surface area contributed by atoms with Crippen molar-refractivity contribution < 1.29 is 32.6 Å². The van der Waals surface area contributed by atoms with Crippen LogP contribution >= 0.6 is 0 Å². The van der Waals surface area contributed by atoms with Crippen LogP contribution in [0.1, 0.15) is 30.4 Å². The Kier molecular flexibility index (Phi) is 8.39. The van der Waals surface area contributed by atoms with Crippen LogP contribution in [0.15, 0.2) is 48.5 Å². The molecule has 0 aliphatic carbocycles. The molecule has 1 N–H and O–H groups in total. The fraction of sp³-hybridized carbons (Fsp3) is 0.333. The molecule has 2 aromatic carbocycles. The molecule has 2 aromatic rings. The number of hydrogen-bond donors (Lipinski definition) is 1. The Morgan fingerprint density at radius 3 is 2.41 bits per heavy atom. The molecule has 0 fully saturated rings. The highest BCUT2D eigenvalue weighted by Crippen LogP contribution is 2.29. The second-order valence-corrected chi connectivity index (χ2v) is 6.12. The Morgan fingerprint density at radius 1 is 1.07 bits per heavy atom. The lowest BCUT2D eigenvalue weighted by Gasteiger charge is -2.15. The first-order chi connectivity index (χ1) is 13.9. The van der Waals surface area contributed by atoms with Crippen LogP contribution < -0.4 is 14.8 Å². The molecule has 1 atom stereocenters. The predicted octanol–water partition coefficient (Wildman–Crippen LogP) is 3.65. The number of amides is 1. The van der Waals surface area contributed by atoms with Gasteiger partial charge >= 0.3 is 12.6 Å². The predicted molar refractivity (Wildman–Crippen MR) is 102 cm³/mol. The summed E-state index contributed by atoms with van der Waals surface area (Å²) >= 11 is 0. The average Bonchev–Trinajstić information content (AvgIpc) is 2.72. The van der Waals surface area contributed by atoms with Gasteiger partial charge in [0, 0.05) is 6.54 Å². The lowest BCUT2D eigenvalue weighted by atomic mass is 9.97. The number of alkyl halides is 2. The van der Waals surface area contributed by atoms with Gasteiger partial charge in [0.15, 0.2) is 18.1 Å². The van der Waals surface area contributed by atoms with Gasteiger partial charge in [0.1, 0.15) is 0 Å². The maximum absolute atomic E-state index is 12.4. The third-order valence-corrected chi connectivity index (χ3v) is 4.17. The van der Waals surface area contributed by atoms with Crippen LogP contribution in [-0.4, -0.2) is 32.2 Å². The van der Waals surface area contributed by atoms with Gasteiger partial charge in [0.05, 0.1) is 13.0 Å². The maximum atomic E-state index is 12.4. The van der Waals surface area contributed by atoms with Crippen molar-refractivity contribution in [2.45, 2.75) is 32.4 Å². The Bertz CT molecular complexity index is 814. The molecule has 6 nitrogen and oxygen atoms in total. The SMILES string of the molecule is CC[C@@H](C(=O)OCC(=O)NCc1ccc(OC(F)F)c(OC)c1)c1ccccc1. The summed E-state index contributed by atoms with van der Waals surface area (Å²) in [6, 6.07) is 13.5. The highest BCUT2D eigenvalue weighted by Gasteiger charge is 2.21. The number of methoxy groups -OCH3 is 1. The molecule has 1 amide bonds. The standard InChI is InChI=1S/C21H23F2NO5/c1-3-16(15-7-5-4-6-8-15)20(26)28-13-19(25)24-12-14-9-10-17(29-21(22)23)18(11-14)27-2/h4-11,16,21H,3,12-13H2,1-2H3,(H,24,25)/t16-/m1/s1. The first-order valence-corrected chi connectivity index (χ1v) is 9.04. The second-order valence-electron chi connectivity index (χ2n) is 6.12. The normalized spacial score (nSPS) is 11.6. The molecular weight excluding hydrogens is 384 g/mol. The number of rotatable bonds is 10. The number of ether oxygens (including phenoxy) is 3. The molecule has 156 valence electrons. The number of esters is 1. The van der Waals surface area contributed by atoms with Gasteiger partial charge in [-0.05, 0) is 29.7 Å². The molecule has 0 spiro atoms. The highest BCUT2D eigenvalue weighted by atomic mass is 19.3. The van der Waals surface area contributed by atoms with E-state index in [4.69, 9.17) is 9.47 Å². The number of carbonyl (C=O) groups excluding carboxylic acids is 2. The van der Waals surface area contributed by atoms with E-state index in [-0.39, 0.29) is 18.0 Å². The average molecular weight is 407 g/mol. The summed E-state index contributed by atoms with van der Waals surface area (Å²) in [6.45, 7) is -1.40. The Morgan fingerprint density at radius 2 is 1.79 bits per heavy atom. The van der Waals surface area contributed by atoms with Crippen LogP contribution in [0.4, 0.5) is 8.78 Å². The molecule has 29 heavy (non-hydrogen) atoms. The minimum absolute atomic E-state index is 0.0991. The molecule has 2 rings (SSSR count). The van der Waals surface area contributed by atoms with Gasteiger partial charge in [0.25, 0.3) is 5.91 Å². The van der Waals surface area contributed by atoms with Crippen molar-refractivity contribution >= 4 is 11.9 Å². The van der Waals surface area contributed by atoms with Crippen LogP contribution in [-0.2, 0) is 20.9 Å². The molecule has 0 heterocycles. The molecular formula is C21H23F2NO5. The second kappa shape index (κ2) is 11.0. The number of benzene rings is 2. The lowest BCUT2D eigenvalue weighted by Crippen LogP contribution is -2.29. The molecule has 8 heteroatoms. The molecule has 0 aliphatic heterocycles. The van der Waals surface area contributed by atoms with E-state index in [0.29, 0.717) is 12.0 Å². The largest absolute Gasteiger partial charge is 0.493 e. The summed E-state index contributed by atoms with van der Waals surface area (Å²) < 4.78 is 39.2. The summed E-state index contributed by atoms with van der Waals surface area (Å²) in [4.78, 5) is 24.3. The molecule has 0 saturated heterocycles. The summed E-state index contributed by atoms with van der Waals surface area (Å²) in [5.74, 6) is -1.36. The molecule has 0 saturated carbocycles. The summed E-state index contributed by atoms with van der Waals surface area (Å²) in [7, 11) is 1.33. The quantitative estimate of drug-likeness (QED) is 0.609. The van der Waals surface area contributed by atoms with Gasteiger partial charge in [-0.1, -0.05) is 43.3 Å². The Balaban J connectivity index is 1.86. The fourth-order valence-corrected chi connectivity index (χ4v) is 2.73. The van der Waals surface area contributed by atoms with Gasteiger partial charge in [-0.15, -0.1) is 0 Å². The van der Waals surface area contributed by atoms with Crippen LogP contribution in [0.2, 0.25) is 0 Å². The molecule has 0 bridgehead atoms. The van der Waals surface area contributed by atoms with E-state index >= 15 is 0 Å². The lowest BCUT2D eigenvalue weighted by molar-refractivity contribution is -0.150. The number of nitrogens with one attached hydrogen (secondary N) is 1. The number of halogens is 2. The summed E-state index contributed by atoms with van der Waals surface area (Å²) in [5.41, 5.74) is 1.44. The molecule has 0 unspecified atom stereocenters. The van der Waals surface area contributed by atoms with Crippen molar-refractivity contribution in [2.75, 3.05) is 13.7 Å². The van der Waals surface area contributed by atoms with E-state index < -0.39 is 31.0 Å². The van der Waals surface area contributed by atoms with Crippen molar-refractivity contribution in [3.05, 3.63) is 59.7 Å². The van der Waals surface area contributed by atoms with Crippen molar-refractivity contribution in [2.24, 2.45) is 0 Å². The number of carbonyl (C=O) groups is 2. The van der Waals surface area contributed by atoms with Gasteiger partial charge in [0.2, 0.25) is 0 Å². The topological polar surface area (TPSA) is 73.9 Å². The molecule has 0 radical (unpaired) electrons. The zero-order chi connectivity index (χ0) is 21.2. The smallest absolute Gasteiger partial charge is 0.387 e. The monoisotopic (exact) mass is 407 g/mol. The third-order valence-electron chi connectivity index (χ3n) is 4.17. The van der Waals surface area contributed by atoms with E-state index in [2.05, 4.69) is 10.1 Å². The minimum atomic E-state index is -2.97. The minimum Gasteiger partial charge on any atom is -0.493 e. The Hall–Kier alpha value is -3.16. The van der Waals surface area contributed by atoms with Crippen molar-refractivity contribution in [3.63, 3.8) is 0 Å². The van der Waals surface area contributed by atoms with Gasteiger partial charge in [-0.3, -0.25) is 9.59 Å². The van der Waals surface area contributed by atoms with E-state index in [1.54, 1.807) is 0 Å². The van der Waals surface area contributed by atoms with Crippen molar-refractivity contribution in [1.82, 2.24) is 5.32 Å². The summed E-state index contributed by atoms with van der Waals surface area (Å²) in [6.07, 6.45) is 0.553. The van der Waals surface area contributed by atoms with Crippen LogP contribution in [0.3, 0.4) is 0 Å². The first kappa shape index (κ1) is 22.1. The molecule has 0 aromatic heterocycles. The van der Waals surface area contributed by atoms with E-state index in [0.717, 1.165) is 5.56 Å². The van der Waals surface area contributed by atoms with Gasteiger partial charge < -0.3 is 19.5 Å². The summed E-state index contributed by atoms with van der Waals surface area (Å²) in [5, 5.41) is 2.60. The Labute approximate surface area is 167 Å².